The Kier molecular flexibility index (Phi) is 3.09. The third kappa shape index (κ3) is 2.57. The largest absolute Gasteiger partial charge is 0.471 e. The predicted molar refractivity (Wildman–Crippen MR) is 67.1 cm³/mol. The lowest BCUT2D eigenvalue weighted by Gasteiger charge is -2.08. The topological polar surface area (TPSA) is 77.8 Å². The van der Waals surface area contributed by atoms with E-state index in [9.17, 15) is 13.2 Å². The molecule has 0 radical (unpaired) electrons. The summed E-state index contributed by atoms with van der Waals surface area (Å²) in [4.78, 5) is 7.45. The van der Waals surface area contributed by atoms with Crippen LogP contribution in [0.4, 0.5) is 13.2 Å². The minimum Gasteiger partial charge on any atom is -0.329 e. The van der Waals surface area contributed by atoms with Gasteiger partial charge in [0, 0.05) is 11.6 Å². The Hall–Kier alpha value is -2.48. The molecule has 2 aromatic heterocycles. The van der Waals surface area contributed by atoms with Crippen LogP contribution in [0, 0.1) is 0 Å². The van der Waals surface area contributed by atoms with E-state index in [1.807, 2.05) is 6.07 Å². The first kappa shape index (κ1) is 13.5. The Morgan fingerprint density at radius 1 is 1.19 bits per heavy atom. The van der Waals surface area contributed by atoms with Crippen molar-refractivity contribution in [2.75, 3.05) is 0 Å². The van der Waals surface area contributed by atoms with E-state index in [4.69, 9.17) is 5.73 Å². The molecule has 0 spiro atoms. The number of aromatic nitrogens is 3. The molecular weight excluding hydrogens is 285 g/mol. The van der Waals surface area contributed by atoms with Crippen molar-refractivity contribution < 1.29 is 17.7 Å². The third-order valence-corrected chi connectivity index (χ3v) is 2.95. The summed E-state index contributed by atoms with van der Waals surface area (Å²) in [5, 5.41) is 4.12. The van der Waals surface area contributed by atoms with Crippen LogP contribution in [0.5, 0.6) is 0 Å². The number of rotatable bonds is 2. The molecule has 1 unspecified atom stereocenters. The summed E-state index contributed by atoms with van der Waals surface area (Å²) in [7, 11) is 0. The lowest BCUT2D eigenvalue weighted by Crippen LogP contribution is -2.14. The van der Waals surface area contributed by atoms with E-state index < -0.39 is 18.1 Å². The number of fused-ring (bicyclic) bond motifs is 1. The summed E-state index contributed by atoms with van der Waals surface area (Å²) in [5.41, 5.74) is 7.23. The van der Waals surface area contributed by atoms with Gasteiger partial charge in [-0.1, -0.05) is 17.3 Å². The van der Waals surface area contributed by atoms with Crippen LogP contribution in [0.25, 0.3) is 10.9 Å². The molecule has 8 heteroatoms. The number of alkyl halides is 3. The van der Waals surface area contributed by atoms with Crippen LogP contribution in [-0.4, -0.2) is 15.1 Å². The average Bonchev–Trinajstić information content (AvgIpc) is 2.96. The second-order valence-electron chi connectivity index (χ2n) is 4.39. The smallest absolute Gasteiger partial charge is 0.329 e. The molecule has 0 aliphatic heterocycles. The second kappa shape index (κ2) is 4.81. The molecule has 108 valence electrons. The highest BCUT2D eigenvalue weighted by Crippen LogP contribution is 2.29. The molecule has 0 aliphatic rings. The summed E-state index contributed by atoms with van der Waals surface area (Å²) in [5.74, 6) is -1.62. The van der Waals surface area contributed by atoms with Gasteiger partial charge in [0.15, 0.2) is 5.82 Å². The Labute approximate surface area is 116 Å². The predicted octanol–water partition coefficient (Wildman–Crippen LogP) is 2.68. The first-order valence-corrected chi connectivity index (χ1v) is 5.96. The molecular formula is C13H9F3N4O. The maximum atomic E-state index is 12.4. The first-order valence-electron chi connectivity index (χ1n) is 5.96. The van der Waals surface area contributed by atoms with Crippen LogP contribution in [-0.2, 0) is 6.18 Å². The monoisotopic (exact) mass is 294 g/mol. The molecule has 0 bridgehead atoms. The number of nitrogens with zero attached hydrogens (tertiary/aromatic N) is 3. The van der Waals surface area contributed by atoms with Gasteiger partial charge in [0.25, 0.3) is 0 Å². The lowest BCUT2D eigenvalue weighted by atomic mass is 10.0. The SMILES string of the molecule is NC(c1ccc2ncccc2c1)c1noc(C(F)(F)F)n1. The van der Waals surface area contributed by atoms with Crippen molar-refractivity contribution in [3.05, 3.63) is 53.8 Å². The zero-order chi connectivity index (χ0) is 15.0. The van der Waals surface area contributed by atoms with E-state index in [2.05, 4.69) is 19.6 Å². The second-order valence-corrected chi connectivity index (χ2v) is 4.39. The maximum Gasteiger partial charge on any atom is 0.471 e. The molecule has 0 amide bonds. The summed E-state index contributed by atoms with van der Waals surface area (Å²) in [6.07, 6.45) is -3.03. The van der Waals surface area contributed by atoms with E-state index >= 15 is 0 Å². The summed E-state index contributed by atoms with van der Waals surface area (Å²) < 4.78 is 41.5. The molecule has 3 aromatic rings. The van der Waals surface area contributed by atoms with Gasteiger partial charge in [0.1, 0.15) is 0 Å². The van der Waals surface area contributed by atoms with Crippen LogP contribution in [0.2, 0.25) is 0 Å². The highest BCUT2D eigenvalue weighted by molar-refractivity contribution is 5.79. The summed E-state index contributed by atoms with van der Waals surface area (Å²) in [6, 6.07) is 7.81. The quantitative estimate of drug-likeness (QED) is 0.786. The van der Waals surface area contributed by atoms with Crippen LogP contribution in [0.3, 0.4) is 0 Å². The number of hydrogen-bond donors (Lipinski definition) is 1. The highest BCUT2D eigenvalue weighted by atomic mass is 19.4. The molecule has 21 heavy (non-hydrogen) atoms. The van der Waals surface area contributed by atoms with E-state index in [1.165, 1.54) is 0 Å². The molecule has 0 saturated carbocycles. The van der Waals surface area contributed by atoms with Gasteiger partial charge in [-0.25, -0.2) is 0 Å². The number of pyridine rings is 1. The van der Waals surface area contributed by atoms with Gasteiger partial charge in [0.2, 0.25) is 0 Å². The maximum absolute atomic E-state index is 12.4. The van der Waals surface area contributed by atoms with Crippen molar-refractivity contribution in [2.45, 2.75) is 12.2 Å². The van der Waals surface area contributed by atoms with Crippen molar-refractivity contribution >= 4 is 10.9 Å². The van der Waals surface area contributed by atoms with Crippen molar-refractivity contribution in [2.24, 2.45) is 5.73 Å². The van der Waals surface area contributed by atoms with Gasteiger partial charge in [-0.05, 0) is 23.8 Å². The number of benzene rings is 1. The van der Waals surface area contributed by atoms with Gasteiger partial charge < -0.3 is 10.3 Å². The first-order chi connectivity index (χ1) is 9.95. The Balaban J connectivity index is 1.96. The number of hydrogen-bond acceptors (Lipinski definition) is 5. The van der Waals surface area contributed by atoms with Crippen molar-refractivity contribution in [1.29, 1.82) is 0 Å². The highest BCUT2D eigenvalue weighted by Gasteiger charge is 2.39. The van der Waals surface area contributed by atoms with E-state index in [0.717, 1.165) is 10.9 Å². The minimum absolute atomic E-state index is 0.217. The van der Waals surface area contributed by atoms with Crippen LogP contribution in [0.15, 0.2) is 41.1 Å². The van der Waals surface area contributed by atoms with Gasteiger partial charge in [-0.2, -0.15) is 18.2 Å². The normalized spacial score (nSPS) is 13.5. The van der Waals surface area contributed by atoms with Gasteiger partial charge >= 0.3 is 12.1 Å². The molecule has 5 nitrogen and oxygen atoms in total. The van der Waals surface area contributed by atoms with E-state index in [1.54, 1.807) is 30.5 Å². The van der Waals surface area contributed by atoms with E-state index in [0.29, 0.717) is 5.56 Å². The molecule has 1 aromatic carbocycles. The third-order valence-electron chi connectivity index (χ3n) is 2.95. The number of halogens is 3. The lowest BCUT2D eigenvalue weighted by molar-refractivity contribution is -0.159. The molecule has 2 N–H and O–H groups in total. The van der Waals surface area contributed by atoms with Crippen LogP contribution >= 0.6 is 0 Å². The number of nitrogens with two attached hydrogens (primary N) is 1. The molecule has 0 aliphatic carbocycles. The Morgan fingerprint density at radius 3 is 2.71 bits per heavy atom. The zero-order valence-electron chi connectivity index (χ0n) is 10.5. The Bertz CT molecular complexity index is 784. The van der Waals surface area contributed by atoms with E-state index in [-0.39, 0.29) is 5.82 Å². The fourth-order valence-electron chi connectivity index (χ4n) is 1.91. The standard InChI is InChI=1S/C13H9F3N4O/c14-13(15,16)12-19-11(20-21-12)10(17)8-3-4-9-7(6-8)2-1-5-18-9/h1-6,10H,17H2. The van der Waals surface area contributed by atoms with Gasteiger partial charge in [0.05, 0.1) is 11.6 Å². The average molecular weight is 294 g/mol. The van der Waals surface area contributed by atoms with Gasteiger partial charge in [-0.3, -0.25) is 4.98 Å². The summed E-state index contributed by atoms with van der Waals surface area (Å²) >= 11 is 0. The van der Waals surface area contributed by atoms with Crippen molar-refractivity contribution in [3.63, 3.8) is 0 Å². The van der Waals surface area contributed by atoms with Gasteiger partial charge in [-0.15, -0.1) is 0 Å². The fourth-order valence-corrected chi connectivity index (χ4v) is 1.91. The molecule has 1 atom stereocenters. The zero-order valence-corrected chi connectivity index (χ0v) is 10.5. The van der Waals surface area contributed by atoms with Crippen molar-refractivity contribution in [3.8, 4) is 0 Å². The molecule has 2 heterocycles. The molecule has 0 saturated heterocycles. The summed E-state index contributed by atoms with van der Waals surface area (Å²) in [6.45, 7) is 0. The van der Waals surface area contributed by atoms with Crippen molar-refractivity contribution in [1.82, 2.24) is 15.1 Å². The minimum atomic E-state index is -4.68. The fraction of sp³-hybridized carbons (Fsp3) is 0.154. The van der Waals surface area contributed by atoms with Crippen LogP contribution in [0.1, 0.15) is 23.3 Å². The molecule has 0 fully saturated rings. The van der Waals surface area contributed by atoms with Crippen LogP contribution < -0.4 is 5.73 Å². The Morgan fingerprint density at radius 2 is 2.00 bits per heavy atom. The molecule has 3 rings (SSSR count).